The molecule has 2 aromatic rings. The largest absolute Gasteiger partial charge is 0.508 e. The van der Waals surface area contributed by atoms with Gasteiger partial charge in [-0.05, 0) is 35.9 Å². The van der Waals surface area contributed by atoms with Gasteiger partial charge in [-0.2, -0.15) is 5.10 Å². The van der Waals surface area contributed by atoms with Gasteiger partial charge in [-0.25, -0.2) is 5.43 Å². The van der Waals surface area contributed by atoms with Crippen molar-refractivity contribution in [2.24, 2.45) is 5.10 Å². The molecule has 114 valence electrons. The van der Waals surface area contributed by atoms with Gasteiger partial charge < -0.3 is 9.84 Å². The molecule has 0 radical (unpaired) electrons. The predicted octanol–water partition coefficient (Wildman–Crippen LogP) is 3.34. The Balaban J connectivity index is 1.83. The Bertz CT molecular complexity index is 707. The molecule has 0 spiro atoms. The van der Waals surface area contributed by atoms with Crippen LogP contribution in [0.4, 0.5) is 0 Å². The molecule has 0 aliphatic carbocycles. The lowest BCUT2D eigenvalue weighted by atomic mass is 10.2. The number of carbonyl (C=O) groups is 1. The van der Waals surface area contributed by atoms with Gasteiger partial charge in [0, 0.05) is 4.47 Å². The Morgan fingerprint density at radius 2 is 2.18 bits per heavy atom. The zero-order valence-corrected chi connectivity index (χ0v) is 13.6. The first-order valence-corrected chi connectivity index (χ1v) is 7.40. The van der Waals surface area contributed by atoms with Crippen molar-refractivity contribution < 1.29 is 14.6 Å². The molecule has 7 heteroatoms. The van der Waals surface area contributed by atoms with E-state index in [1.165, 1.54) is 12.3 Å². The van der Waals surface area contributed by atoms with Crippen molar-refractivity contribution >= 4 is 39.7 Å². The first kappa shape index (κ1) is 16.3. The summed E-state index contributed by atoms with van der Waals surface area (Å²) in [6, 6.07) is 11.6. The molecule has 2 aromatic carbocycles. The van der Waals surface area contributed by atoms with E-state index >= 15 is 0 Å². The molecule has 0 saturated carbocycles. The number of amides is 1. The van der Waals surface area contributed by atoms with E-state index in [2.05, 4.69) is 26.5 Å². The van der Waals surface area contributed by atoms with Crippen LogP contribution >= 0.6 is 27.5 Å². The number of carbonyl (C=O) groups excluding carboxylic acids is 1. The fourth-order valence-electron chi connectivity index (χ4n) is 1.55. The summed E-state index contributed by atoms with van der Waals surface area (Å²) in [5.74, 6) is 0.121. The highest BCUT2D eigenvalue weighted by atomic mass is 79.9. The summed E-state index contributed by atoms with van der Waals surface area (Å²) in [5.41, 5.74) is 2.99. The van der Waals surface area contributed by atoms with Crippen LogP contribution in [0.3, 0.4) is 0 Å². The number of aromatic hydroxyl groups is 1. The summed E-state index contributed by atoms with van der Waals surface area (Å²) in [5, 5.41) is 13.5. The molecule has 22 heavy (non-hydrogen) atoms. The molecule has 2 rings (SSSR count). The van der Waals surface area contributed by atoms with Gasteiger partial charge in [0.2, 0.25) is 0 Å². The lowest BCUT2D eigenvalue weighted by Crippen LogP contribution is -2.24. The molecule has 0 heterocycles. The molecule has 5 nitrogen and oxygen atoms in total. The number of halogens is 2. The van der Waals surface area contributed by atoms with Crippen LogP contribution in [0.15, 0.2) is 52.0 Å². The number of nitrogens with zero attached hydrogens (tertiary/aromatic N) is 1. The Morgan fingerprint density at radius 1 is 1.36 bits per heavy atom. The Kier molecular flexibility index (Phi) is 5.80. The smallest absolute Gasteiger partial charge is 0.277 e. The van der Waals surface area contributed by atoms with Gasteiger partial charge in [0.15, 0.2) is 6.61 Å². The number of rotatable bonds is 5. The average Bonchev–Trinajstić information content (AvgIpc) is 2.46. The summed E-state index contributed by atoms with van der Waals surface area (Å²) in [6.07, 6.45) is 1.42. The van der Waals surface area contributed by atoms with Crippen molar-refractivity contribution in [3.8, 4) is 11.5 Å². The molecule has 2 N–H and O–H groups in total. The van der Waals surface area contributed by atoms with Crippen molar-refractivity contribution in [3.05, 3.63) is 57.5 Å². The molecule has 1 amide bonds. The molecule has 0 aliphatic heterocycles. The third-order valence-corrected chi connectivity index (χ3v) is 3.31. The minimum atomic E-state index is -0.421. The van der Waals surface area contributed by atoms with Crippen LogP contribution in [0.5, 0.6) is 11.5 Å². The number of hydrogen-bond donors (Lipinski definition) is 2. The van der Waals surface area contributed by atoms with Crippen molar-refractivity contribution in [1.82, 2.24) is 5.43 Å². The quantitative estimate of drug-likeness (QED) is 0.614. The van der Waals surface area contributed by atoms with Crippen LogP contribution in [0.2, 0.25) is 5.02 Å². The number of ether oxygens (including phenoxy) is 1. The lowest BCUT2D eigenvalue weighted by molar-refractivity contribution is -0.123. The average molecular weight is 384 g/mol. The monoisotopic (exact) mass is 382 g/mol. The summed E-state index contributed by atoms with van der Waals surface area (Å²) in [4.78, 5) is 11.6. The molecule has 0 saturated heterocycles. The maximum atomic E-state index is 11.6. The third kappa shape index (κ3) is 5.05. The predicted molar refractivity (Wildman–Crippen MR) is 88.5 cm³/mol. The zero-order chi connectivity index (χ0) is 15.9. The van der Waals surface area contributed by atoms with E-state index in [0.29, 0.717) is 16.3 Å². The fourth-order valence-corrected chi connectivity index (χ4v) is 2.28. The van der Waals surface area contributed by atoms with Gasteiger partial charge >= 0.3 is 0 Å². The SMILES string of the molecule is O=C(COc1ccc(Br)cc1Cl)N/N=C/c1cccc(O)c1. The zero-order valence-electron chi connectivity index (χ0n) is 11.3. The van der Waals surface area contributed by atoms with Crippen molar-refractivity contribution in [3.63, 3.8) is 0 Å². The second-order valence-corrected chi connectivity index (χ2v) is 5.57. The third-order valence-electron chi connectivity index (χ3n) is 2.53. The summed E-state index contributed by atoms with van der Waals surface area (Å²) >= 11 is 9.25. The second-order valence-electron chi connectivity index (χ2n) is 4.25. The van der Waals surface area contributed by atoms with Gasteiger partial charge in [-0.15, -0.1) is 0 Å². The highest BCUT2D eigenvalue weighted by Crippen LogP contribution is 2.27. The van der Waals surface area contributed by atoms with E-state index in [-0.39, 0.29) is 12.4 Å². The van der Waals surface area contributed by atoms with E-state index in [1.54, 1.807) is 36.4 Å². The van der Waals surface area contributed by atoms with Gasteiger partial charge in [0.05, 0.1) is 11.2 Å². The molecular formula is C15H12BrClN2O3. The van der Waals surface area contributed by atoms with Crippen LogP contribution in [0.25, 0.3) is 0 Å². The molecule has 0 fully saturated rings. The minimum absolute atomic E-state index is 0.128. The standard InChI is InChI=1S/C15H12BrClN2O3/c16-11-4-5-14(13(17)7-11)22-9-15(21)19-18-8-10-2-1-3-12(20)6-10/h1-8,20H,9H2,(H,19,21)/b18-8+. The molecular weight excluding hydrogens is 372 g/mol. The molecule has 0 aromatic heterocycles. The van der Waals surface area contributed by atoms with Gasteiger partial charge in [-0.1, -0.05) is 39.7 Å². The van der Waals surface area contributed by atoms with E-state index in [4.69, 9.17) is 16.3 Å². The number of hydrogen-bond acceptors (Lipinski definition) is 4. The summed E-state index contributed by atoms with van der Waals surface area (Å²) in [7, 11) is 0. The maximum Gasteiger partial charge on any atom is 0.277 e. The highest BCUT2D eigenvalue weighted by Gasteiger charge is 2.05. The van der Waals surface area contributed by atoms with Crippen LogP contribution in [0.1, 0.15) is 5.56 Å². The number of hydrazone groups is 1. The number of nitrogens with one attached hydrogen (secondary N) is 1. The van der Waals surface area contributed by atoms with Gasteiger partial charge in [0.1, 0.15) is 11.5 Å². The normalized spacial score (nSPS) is 10.6. The Labute approximate surface area is 140 Å². The van der Waals surface area contributed by atoms with E-state index < -0.39 is 5.91 Å². The summed E-state index contributed by atoms with van der Waals surface area (Å²) in [6.45, 7) is -0.210. The Morgan fingerprint density at radius 3 is 2.91 bits per heavy atom. The summed E-state index contributed by atoms with van der Waals surface area (Å²) < 4.78 is 6.12. The second kappa shape index (κ2) is 7.82. The topological polar surface area (TPSA) is 70.9 Å². The fraction of sp³-hybridized carbons (Fsp3) is 0.0667. The minimum Gasteiger partial charge on any atom is -0.508 e. The van der Waals surface area contributed by atoms with E-state index in [1.807, 2.05) is 0 Å². The molecule has 0 unspecified atom stereocenters. The molecule has 0 aliphatic rings. The van der Waals surface area contributed by atoms with Crippen molar-refractivity contribution in [2.45, 2.75) is 0 Å². The highest BCUT2D eigenvalue weighted by molar-refractivity contribution is 9.10. The molecule has 0 atom stereocenters. The van der Waals surface area contributed by atoms with Crippen LogP contribution in [0, 0.1) is 0 Å². The number of phenols is 1. The van der Waals surface area contributed by atoms with Crippen molar-refractivity contribution in [2.75, 3.05) is 6.61 Å². The van der Waals surface area contributed by atoms with Crippen LogP contribution in [-0.2, 0) is 4.79 Å². The van der Waals surface area contributed by atoms with Crippen LogP contribution in [-0.4, -0.2) is 23.8 Å². The van der Waals surface area contributed by atoms with Crippen LogP contribution < -0.4 is 10.2 Å². The first-order valence-electron chi connectivity index (χ1n) is 6.23. The number of phenolic OH excluding ortho intramolecular Hbond substituents is 1. The van der Waals surface area contributed by atoms with E-state index in [9.17, 15) is 9.90 Å². The lowest BCUT2D eigenvalue weighted by Gasteiger charge is -2.07. The first-order chi connectivity index (χ1) is 10.5. The number of benzene rings is 2. The maximum absolute atomic E-state index is 11.6. The Hall–Kier alpha value is -2.05. The molecule has 0 bridgehead atoms. The van der Waals surface area contributed by atoms with Crippen molar-refractivity contribution in [1.29, 1.82) is 0 Å². The van der Waals surface area contributed by atoms with Gasteiger partial charge in [-0.3, -0.25) is 4.79 Å². The van der Waals surface area contributed by atoms with E-state index in [0.717, 1.165) is 4.47 Å². The van der Waals surface area contributed by atoms with Gasteiger partial charge in [0.25, 0.3) is 5.91 Å².